The fourth-order valence-electron chi connectivity index (χ4n) is 1.79. The molecule has 0 aliphatic heterocycles. The number of hydrogen-bond donors (Lipinski definition) is 2. The lowest BCUT2D eigenvalue weighted by Gasteiger charge is -2.19. The van der Waals surface area contributed by atoms with Crippen LogP contribution in [-0.2, 0) is 4.79 Å². The zero-order valence-electron chi connectivity index (χ0n) is 11.1. The standard InChI is InChI=1S/C14H21ClN2O/c1-9(2)7-13(16)14(18)17-10(3)11-5-4-6-12(15)8-11/h4-6,8-10,13H,7,16H2,1-3H3,(H,17,18)/t10-,13-/m0/s1. The molecule has 0 saturated carbocycles. The molecule has 0 unspecified atom stereocenters. The Morgan fingerprint density at radius 3 is 2.61 bits per heavy atom. The first-order valence-corrected chi connectivity index (χ1v) is 6.59. The number of nitrogens with two attached hydrogens (primary N) is 1. The van der Waals surface area contributed by atoms with E-state index in [9.17, 15) is 4.79 Å². The number of rotatable bonds is 5. The van der Waals surface area contributed by atoms with E-state index in [4.69, 9.17) is 17.3 Å². The Hall–Kier alpha value is -1.06. The highest BCUT2D eigenvalue weighted by Crippen LogP contribution is 2.17. The molecule has 18 heavy (non-hydrogen) atoms. The SMILES string of the molecule is CC(C)C[C@H](N)C(=O)N[C@@H](C)c1cccc(Cl)c1. The van der Waals surface area contributed by atoms with Crippen molar-refractivity contribution in [2.75, 3.05) is 0 Å². The van der Waals surface area contributed by atoms with E-state index in [0.29, 0.717) is 17.4 Å². The second kappa shape index (κ2) is 6.76. The number of amides is 1. The van der Waals surface area contributed by atoms with Crippen molar-refractivity contribution in [1.82, 2.24) is 5.32 Å². The van der Waals surface area contributed by atoms with E-state index in [-0.39, 0.29) is 11.9 Å². The maximum Gasteiger partial charge on any atom is 0.237 e. The summed E-state index contributed by atoms with van der Waals surface area (Å²) < 4.78 is 0. The summed E-state index contributed by atoms with van der Waals surface area (Å²) in [5, 5.41) is 3.57. The Balaban J connectivity index is 2.59. The molecule has 2 atom stereocenters. The number of carbonyl (C=O) groups excluding carboxylic acids is 1. The topological polar surface area (TPSA) is 55.1 Å². The zero-order valence-corrected chi connectivity index (χ0v) is 11.9. The first-order chi connectivity index (χ1) is 8.40. The third-order valence-electron chi connectivity index (χ3n) is 2.77. The highest BCUT2D eigenvalue weighted by atomic mass is 35.5. The molecule has 1 aromatic carbocycles. The molecule has 0 saturated heterocycles. The molecule has 0 aromatic heterocycles. The van der Waals surface area contributed by atoms with E-state index in [2.05, 4.69) is 5.32 Å². The van der Waals surface area contributed by atoms with Crippen molar-refractivity contribution >= 4 is 17.5 Å². The third-order valence-corrected chi connectivity index (χ3v) is 3.00. The molecule has 3 nitrogen and oxygen atoms in total. The van der Waals surface area contributed by atoms with Gasteiger partial charge in [0, 0.05) is 5.02 Å². The molecule has 0 aliphatic carbocycles. The molecule has 1 amide bonds. The Morgan fingerprint density at radius 2 is 2.06 bits per heavy atom. The summed E-state index contributed by atoms with van der Waals surface area (Å²) in [6.07, 6.45) is 0.689. The summed E-state index contributed by atoms with van der Waals surface area (Å²) in [5.74, 6) is 0.295. The summed E-state index contributed by atoms with van der Waals surface area (Å²) in [6, 6.07) is 6.92. The van der Waals surface area contributed by atoms with E-state index < -0.39 is 6.04 Å². The molecule has 0 fully saturated rings. The minimum Gasteiger partial charge on any atom is -0.348 e. The van der Waals surface area contributed by atoms with E-state index in [1.807, 2.05) is 45.0 Å². The number of carbonyl (C=O) groups is 1. The van der Waals surface area contributed by atoms with Crippen LogP contribution in [0.1, 0.15) is 38.8 Å². The van der Waals surface area contributed by atoms with Gasteiger partial charge < -0.3 is 11.1 Å². The molecule has 1 rings (SSSR count). The maximum atomic E-state index is 11.9. The first kappa shape index (κ1) is 15.0. The Morgan fingerprint density at radius 1 is 1.39 bits per heavy atom. The second-order valence-corrected chi connectivity index (χ2v) is 5.46. The van der Waals surface area contributed by atoms with Gasteiger partial charge in [0.15, 0.2) is 0 Å². The van der Waals surface area contributed by atoms with Gasteiger partial charge in [-0.1, -0.05) is 37.6 Å². The van der Waals surface area contributed by atoms with Gasteiger partial charge >= 0.3 is 0 Å². The normalized spacial score (nSPS) is 14.3. The quantitative estimate of drug-likeness (QED) is 0.863. The van der Waals surface area contributed by atoms with Crippen LogP contribution in [0.2, 0.25) is 5.02 Å². The van der Waals surface area contributed by atoms with Crippen LogP contribution in [0.25, 0.3) is 0 Å². The summed E-state index contributed by atoms with van der Waals surface area (Å²) in [4.78, 5) is 11.9. The summed E-state index contributed by atoms with van der Waals surface area (Å²) in [6.45, 7) is 6.02. The van der Waals surface area contributed by atoms with Crippen molar-refractivity contribution < 1.29 is 4.79 Å². The number of nitrogens with one attached hydrogen (secondary N) is 1. The van der Waals surface area contributed by atoms with Gasteiger partial charge in [-0.2, -0.15) is 0 Å². The van der Waals surface area contributed by atoms with E-state index >= 15 is 0 Å². The average molecular weight is 269 g/mol. The molecule has 0 aliphatic rings. The lowest BCUT2D eigenvalue weighted by molar-refractivity contribution is -0.123. The van der Waals surface area contributed by atoms with Crippen molar-refractivity contribution in [2.45, 2.75) is 39.3 Å². The van der Waals surface area contributed by atoms with Crippen LogP contribution in [0.4, 0.5) is 0 Å². The van der Waals surface area contributed by atoms with Crippen molar-refractivity contribution in [3.8, 4) is 0 Å². The summed E-state index contributed by atoms with van der Waals surface area (Å²) in [5.41, 5.74) is 6.82. The van der Waals surface area contributed by atoms with Crippen molar-refractivity contribution in [3.05, 3.63) is 34.9 Å². The van der Waals surface area contributed by atoms with Crippen LogP contribution in [0.3, 0.4) is 0 Å². The molecule has 0 heterocycles. The molecule has 100 valence electrons. The van der Waals surface area contributed by atoms with Crippen LogP contribution in [0.5, 0.6) is 0 Å². The number of halogens is 1. The molecular weight excluding hydrogens is 248 g/mol. The van der Waals surface area contributed by atoms with Gasteiger partial charge in [-0.05, 0) is 37.0 Å². The maximum absolute atomic E-state index is 11.9. The van der Waals surface area contributed by atoms with Crippen molar-refractivity contribution in [2.24, 2.45) is 11.7 Å². The summed E-state index contributed by atoms with van der Waals surface area (Å²) >= 11 is 5.92. The molecule has 1 aromatic rings. The van der Waals surface area contributed by atoms with Crippen molar-refractivity contribution in [3.63, 3.8) is 0 Å². The molecular formula is C14H21ClN2O. The Kier molecular flexibility index (Phi) is 5.63. The van der Waals surface area contributed by atoms with Gasteiger partial charge in [0.1, 0.15) is 0 Å². The van der Waals surface area contributed by atoms with Crippen LogP contribution in [0, 0.1) is 5.92 Å². The van der Waals surface area contributed by atoms with Crippen LogP contribution < -0.4 is 11.1 Å². The average Bonchev–Trinajstić information content (AvgIpc) is 2.27. The van der Waals surface area contributed by atoms with E-state index in [1.54, 1.807) is 0 Å². The van der Waals surface area contributed by atoms with Gasteiger partial charge in [0.05, 0.1) is 12.1 Å². The molecule has 0 spiro atoms. The zero-order chi connectivity index (χ0) is 13.7. The minimum absolute atomic E-state index is 0.0885. The smallest absolute Gasteiger partial charge is 0.237 e. The van der Waals surface area contributed by atoms with Gasteiger partial charge in [-0.25, -0.2) is 0 Å². The number of benzene rings is 1. The minimum atomic E-state index is -0.452. The molecule has 0 bridgehead atoms. The second-order valence-electron chi connectivity index (χ2n) is 5.02. The fourth-order valence-corrected chi connectivity index (χ4v) is 1.99. The monoisotopic (exact) mass is 268 g/mol. The Bertz CT molecular complexity index is 407. The van der Waals surface area contributed by atoms with Gasteiger partial charge in [0.25, 0.3) is 0 Å². The summed E-state index contributed by atoms with van der Waals surface area (Å²) in [7, 11) is 0. The van der Waals surface area contributed by atoms with Gasteiger partial charge in [0.2, 0.25) is 5.91 Å². The first-order valence-electron chi connectivity index (χ1n) is 6.21. The third kappa shape index (κ3) is 4.67. The largest absolute Gasteiger partial charge is 0.348 e. The van der Waals surface area contributed by atoms with E-state index in [1.165, 1.54) is 0 Å². The lowest BCUT2D eigenvalue weighted by Crippen LogP contribution is -2.42. The number of hydrogen-bond acceptors (Lipinski definition) is 2. The fraction of sp³-hybridized carbons (Fsp3) is 0.500. The predicted molar refractivity (Wildman–Crippen MR) is 75.4 cm³/mol. The van der Waals surface area contributed by atoms with E-state index in [0.717, 1.165) is 5.56 Å². The van der Waals surface area contributed by atoms with Crippen LogP contribution >= 0.6 is 11.6 Å². The highest BCUT2D eigenvalue weighted by molar-refractivity contribution is 6.30. The van der Waals surface area contributed by atoms with Crippen LogP contribution in [-0.4, -0.2) is 11.9 Å². The lowest BCUT2D eigenvalue weighted by atomic mass is 10.0. The highest BCUT2D eigenvalue weighted by Gasteiger charge is 2.17. The van der Waals surface area contributed by atoms with Crippen LogP contribution in [0.15, 0.2) is 24.3 Å². The van der Waals surface area contributed by atoms with Gasteiger partial charge in [-0.15, -0.1) is 0 Å². The molecule has 0 radical (unpaired) electrons. The predicted octanol–water partition coefficient (Wildman–Crippen LogP) is 2.89. The Labute approximate surface area is 114 Å². The van der Waals surface area contributed by atoms with Gasteiger partial charge in [-0.3, -0.25) is 4.79 Å². The molecule has 3 N–H and O–H groups in total. The van der Waals surface area contributed by atoms with Crippen molar-refractivity contribution in [1.29, 1.82) is 0 Å². The molecule has 4 heteroatoms.